The normalized spacial score (nSPS) is 12.0. The van der Waals surface area contributed by atoms with Gasteiger partial charge in [0.05, 0.1) is 45.6 Å². The van der Waals surface area contributed by atoms with Gasteiger partial charge in [-0.05, 0) is 179 Å². The number of aromatic nitrogens is 8. The van der Waals surface area contributed by atoms with Gasteiger partial charge in [0.25, 0.3) is 0 Å². The number of fused-ring (bicyclic) bond motifs is 16. The first-order valence-corrected chi connectivity index (χ1v) is 29.3. The summed E-state index contributed by atoms with van der Waals surface area (Å²) in [5.74, 6) is 12.9. The van der Waals surface area contributed by atoms with Gasteiger partial charge in [-0.2, -0.15) is 0 Å². The SMILES string of the molecule is C(C#Cc1ccc(-c2c3nc(c(-c4ccccc4)c4ccc(cc5nc(c(-c6ccccc6)c6ccc2[nH]6)C=C5)[nH]4)C=C3)cc1)#Cc1ccc(-c2c3nc(c(-c4ccccc4)c4ccc(cc5nc(c(-c6ccccc6)c6ccc2[nH]6)C=C5)[nH]4)C=C3)cc1. The largest absolute Gasteiger partial charge is 0.355 e. The van der Waals surface area contributed by atoms with Crippen LogP contribution in [0.4, 0.5) is 0 Å². The van der Waals surface area contributed by atoms with E-state index < -0.39 is 0 Å². The van der Waals surface area contributed by atoms with Gasteiger partial charge >= 0.3 is 0 Å². The molecule has 88 heavy (non-hydrogen) atoms. The summed E-state index contributed by atoms with van der Waals surface area (Å²) in [6, 6.07) is 79.7. The summed E-state index contributed by atoms with van der Waals surface area (Å²) in [7, 11) is 0. The summed E-state index contributed by atoms with van der Waals surface area (Å²) in [6.07, 6.45) is 16.8. The molecule has 10 heterocycles. The Bertz CT molecular complexity index is 4990. The molecule has 6 aromatic carbocycles. The predicted molar refractivity (Wildman–Crippen MR) is 364 cm³/mol. The first-order valence-electron chi connectivity index (χ1n) is 29.3. The molecule has 0 spiro atoms. The van der Waals surface area contributed by atoms with Crippen LogP contribution in [-0.4, -0.2) is 39.9 Å². The molecular weight excluding hydrogens is 1070 g/mol. The van der Waals surface area contributed by atoms with Gasteiger partial charge in [-0.25, -0.2) is 19.9 Å². The second-order valence-corrected chi connectivity index (χ2v) is 21.8. The van der Waals surface area contributed by atoms with Crippen LogP contribution >= 0.6 is 0 Å². The maximum atomic E-state index is 5.42. The highest BCUT2D eigenvalue weighted by atomic mass is 14.8. The van der Waals surface area contributed by atoms with Gasteiger partial charge in [0.1, 0.15) is 0 Å². The number of hydrogen-bond donors (Lipinski definition) is 4. The second kappa shape index (κ2) is 22.0. The summed E-state index contributed by atoms with van der Waals surface area (Å²) >= 11 is 0. The van der Waals surface area contributed by atoms with Crippen LogP contribution in [0, 0.1) is 23.7 Å². The first kappa shape index (κ1) is 51.3. The van der Waals surface area contributed by atoms with Crippen molar-refractivity contribution < 1.29 is 0 Å². The molecule has 4 aliphatic heterocycles. The smallest absolute Gasteiger partial charge is 0.0737 e. The maximum Gasteiger partial charge on any atom is 0.0737 e. The minimum atomic E-state index is 0.840. The van der Waals surface area contributed by atoms with Gasteiger partial charge in [-0.15, -0.1) is 0 Å². The number of hydrogen-bond acceptors (Lipinski definition) is 4. The maximum absolute atomic E-state index is 5.42. The van der Waals surface area contributed by atoms with E-state index >= 15 is 0 Å². The molecule has 16 bridgehead atoms. The molecule has 4 N–H and O–H groups in total. The Labute approximate surface area is 507 Å². The number of rotatable bonds is 6. The molecule has 0 atom stereocenters. The van der Waals surface area contributed by atoms with Crippen LogP contribution in [0.15, 0.2) is 231 Å². The lowest BCUT2D eigenvalue weighted by Crippen LogP contribution is -1.89. The van der Waals surface area contributed by atoms with Gasteiger partial charge in [0.15, 0.2) is 0 Å². The van der Waals surface area contributed by atoms with Crippen molar-refractivity contribution in [3.8, 4) is 90.4 Å². The number of benzene rings is 6. The van der Waals surface area contributed by atoms with E-state index in [0.717, 1.165) is 168 Å². The van der Waals surface area contributed by atoms with E-state index in [2.05, 4.69) is 298 Å². The van der Waals surface area contributed by atoms with Crippen LogP contribution < -0.4 is 0 Å². The van der Waals surface area contributed by atoms with Crippen molar-refractivity contribution in [1.29, 1.82) is 0 Å². The van der Waals surface area contributed by atoms with E-state index in [-0.39, 0.29) is 0 Å². The van der Waals surface area contributed by atoms with Gasteiger partial charge in [-0.3, -0.25) is 0 Å². The zero-order valence-electron chi connectivity index (χ0n) is 47.3. The second-order valence-electron chi connectivity index (χ2n) is 21.8. The van der Waals surface area contributed by atoms with Gasteiger partial charge < -0.3 is 19.9 Å². The average Bonchev–Trinajstić information content (AvgIpc) is 2.35. The zero-order valence-corrected chi connectivity index (χ0v) is 47.3. The van der Waals surface area contributed by atoms with Crippen LogP contribution in [0.3, 0.4) is 0 Å². The summed E-state index contributed by atoms with van der Waals surface area (Å²) in [5.41, 5.74) is 28.4. The Morgan fingerprint density at radius 2 is 0.489 bits per heavy atom. The van der Waals surface area contributed by atoms with E-state index in [1.54, 1.807) is 0 Å². The van der Waals surface area contributed by atoms with Crippen LogP contribution in [0.5, 0.6) is 0 Å². The third-order valence-electron chi connectivity index (χ3n) is 16.2. The molecule has 12 aromatic rings. The van der Waals surface area contributed by atoms with Gasteiger partial charge in [0, 0.05) is 88.6 Å². The van der Waals surface area contributed by atoms with E-state index in [1.165, 1.54) is 0 Å². The molecule has 4 aliphatic rings. The molecule has 8 heteroatoms. The quantitative estimate of drug-likeness (QED) is 0.124. The van der Waals surface area contributed by atoms with E-state index in [9.17, 15) is 0 Å². The highest BCUT2D eigenvalue weighted by Gasteiger charge is 2.20. The minimum Gasteiger partial charge on any atom is -0.355 e. The Balaban J connectivity index is 0.774. The van der Waals surface area contributed by atoms with E-state index in [1.807, 2.05) is 24.3 Å². The zero-order chi connectivity index (χ0) is 58.3. The lowest BCUT2D eigenvalue weighted by molar-refractivity contribution is 1.31. The molecule has 0 unspecified atom stereocenters. The highest BCUT2D eigenvalue weighted by molar-refractivity contribution is 6.00. The Hall–Kier alpha value is -12.4. The summed E-state index contributed by atoms with van der Waals surface area (Å²) in [6.45, 7) is 0. The van der Waals surface area contributed by atoms with E-state index in [4.69, 9.17) is 19.9 Å². The van der Waals surface area contributed by atoms with Crippen LogP contribution in [0.2, 0.25) is 0 Å². The molecule has 0 amide bonds. The minimum absolute atomic E-state index is 0.840. The van der Waals surface area contributed by atoms with Crippen molar-refractivity contribution >= 4 is 92.7 Å². The Morgan fingerprint density at radius 1 is 0.227 bits per heavy atom. The molecule has 410 valence electrons. The van der Waals surface area contributed by atoms with Crippen molar-refractivity contribution in [2.45, 2.75) is 0 Å². The van der Waals surface area contributed by atoms with E-state index in [0.29, 0.717) is 0 Å². The van der Waals surface area contributed by atoms with Gasteiger partial charge in [-0.1, -0.05) is 157 Å². The standard InChI is InChI=1S/C80H50N8/c1-5-17-53(18-6-1)75-63-37-33-59(81-63)49-60-34-38-64(82-60)76(54-19-7-2-8-20-54)68-42-46-72(86-68)79(71-45-41-67(75)85-71)57-29-25-51(26-30-57)15-13-14-16-52-27-31-58(32-28-52)80-73-47-43-69(87-73)77(55-21-9-3-10-22-55)65-39-35-61(83-65)50-62-36-40-66(84-62)78(56-23-11-4-12-24-56)70-44-48-74(80)88-70/h1-12,17-50,81,83,86,88H. The Morgan fingerprint density at radius 3 is 0.807 bits per heavy atom. The average molecular weight is 1120 g/mol. The van der Waals surface area contributed by atoms with Crippen LogP contribution in [0.1, 0.15) is 56.7 Å². The number of H-pyrrole nitrogens is 4. The molecule has 0 radical (unpaired) electrons. The van der Waals surface area contributed by atoms with Crippen molar-refractivity contribution in [2.75, 3.05) is 0 Å². The lowest BCUT2D eigenvalue weighted by Gasteiger charge is -2.06. The number of aromatic amines is 4. The molecule has 0 fully saturated rings. The highest BCUT2D eigenvalue weighted by Crippen LogP contribution is 2.39. The molecule has 0 aliphatic carbocycles. The van der Waals surface area contributed by atoms with Crippen molar-refractivity contribution in [3.05, 3.63) is 287 Å². The predicted octanol–water partition coefficient (Wildman–Crippen LogP) is 19.0. The summed E-state index contributed by atoms with van der Waals surface area (Å²) in [4.78, 5) is 36.2. The fourth-order valence-electron chi connectivity index (χ4n) is 12.2. The lowest BCUT2D eigenvalue weighted by atomic mass is 10.0. The monoisotopic (exact) mass is 1120 g/mol. The fraction of sp³-hybridized carbons (Fsp3) is 0. The molecule has 8 nitrogen and oxygen atoms in total. The third kappa shape index (κ3) is 9.85. The van der Waals surface area contributed by atoms with Crippen molar-refractivity contribution in [2.24, 2.45) is 0 Å². The molecule has 16 rings (SSSR count). The first-order chi connectivity index (χ1) is 43.5. The van der Waals surface area contributed by atoms with Crippen LogP contribution in [-0.2, 0) is 0 Å². The topological polar surface area (TPSA) is 115 Å². The van der Waals surface area contributed by atoms with Gasteiger partial charge in [0.2, 0.25) is 0 Å². The van der Waals surface area contributed by atoms with Crippen LogP contribution in [0.25, 0.3) is 160 Å². The van der Waals surface area contributed by atoms with Crippen molar-refractivity contribution in [3.63, 3.8) is 0 Å². The molecular formula is C80H50N8. The Kier molecular flexibility index (Phi) is 12.8. The molecule has 0 saturated carbocycles. The summed E-state index contributed by atoms with van der Waals surface area (Å²) < 4.78 is 0. The number of nitrogens with zero attached hydrogens (tertiary/aromatic N) is 4. The third-order valence-corrected chi connectivity index (χ3v) is 16.2. The summed E-state index contributed by atoms with van der Waals surface area (Å²) in [5, 5.41) is 0. The molecule has 6 aromatic heterocycles. The molecule has 0 saturated heterocycles. The number of nitrogens with one attached hydrogen (secondary N) is 4. The fourth-order valence-corrected chi connectivity index (χ4v) is 12.2. The van der Waals surface area contributed by atoms with Crippen molar-refractivity contribution in [1.82, 2.24) is 39.9 Å².